The molecule has 16 heavy (non-hydrogen) atoms. The van der Waals surface area contributed by atoms with Crippen LogP contribution >= 0.6 is 11.6 Å². The van der Waals surface area contributed by atoms with Crippen LogP contribution in [0.25, 0.3) is 0 Å². The molecule has 1 aromatic heterocycles. The highest BCUT2D eigenvalue weighted by Gasteiger charge is 2.03. The fraction of sp³-hybridized carbons (Fsp3) is 0.250. The van der Waals surface area contributed by atoms with Crippen LogP contribution in [0.3, 0.4) is 0 Å². The predicted octanol–water partition coefficient (Wildman–Crippen LogP) is 2.68. The smallest absolute Gasteiger partial charge is 0.123 e. The van der Waals surface area contributed by atoms with Crippen molar-refractivity contribution in [3.8, 4) is 5.75 Å². The van der Waals surface area contributed by atoms with Crippen molar-refractivity contribution in [3.63, 3.8) is 0 Å². The van der Waals surface area contributed by atoms with E-state index in [1.165, 1.54) is 0 Å². The lowest BCUT2D eigenvalue weighted by atomic mass is 10.2. The Bertz CT molecular complexity index is 468. The molecule has 1 aromatic carbocycles. The second kappa shape index (κ2) is 5.03. The molecule has 0 unspecified atom stereocenters. The number of nitrogens with zero attached hydrogens (tertiary/aromatic N) is 2. The van der Waals surface area contributed by atoms with Gasteiger partial charge < -0.3 is 4.74 Å². The maximum absolute atomic E-state index is 5.72. The Morgan fingerprint density at radius 1 is 1.38 bits per heavy atom. The highest BCUT2D eigenvalue weighted by atomic mass is 35.5. The Balaban J connectivity index is 2.19. The van der Waals surface area contributed by atoms with E-state index in [-0.39, 0.29) is 0 Å². The zero-order valence-corrected chi connectivity index (χ0v) is 9.81. The van der Waals surface area contributed by atoms with Crippen molar-refractivity contribution in [2.75, 3.05) is 7.11 Å². The molecule has 1 heterocycles. The molecule has 0 saturated heterocycles. The summed E-state index contributed by atoms with van der Waals surface area (Å²) in [7, 11) is 1.67. The average molecular weight is 237 g/mol. The largest absolute Gasteiger partial charge is 0.496 e. The van der Waals surface area contributed by atoms with Crippen molar-refractivity contribution in [1.29, 1.82) is 0 Å². The number of benzene rings is 1. The van der Waals surface area contributed by atoms with Gasteiger partial charge in [-0.2, -0.15) is 5.10 Å². The second-order valence-electron chi connectivity index (χ2n) is 3.49. The Morgan fingerprint density at radius 3 is 2.88 bits per heavy atom. The van der Waals surface area contributed by atoms with E-state index < -0.39 is 0 Å². The average Bonchev–Trinajstić information content (AvgIpc) is 2.77. The van der Waals surface area contributed by atoms with E-state index >= 15 is 0 Å². The van der Waals surface area contributed by atoms with E-state index in [0.717, 1.165) is 16.9 Å². The standard InChI is InChI=1S/C12H13ClN2O/c1-16-12-5-3-2-4-11(12)9-15-8-10(6-13)7-14-15/h2-5,7-8H,6,9H2,1H3. The van der Waals surface area contributed by atoms with E-state index in [0.29, 0.717) is 12.4 Å². The first kappa shape index (κ1) is 11.0. The highest BCUT2D eigenvalue weighted by Crippen LogP contribution is 2.18. The van der Waals surface area contributed by atoms with E-state index in [1.807, 2.05) is 35.1 Å². The quantitative estimate of drug-likeness (QED) is 0.764. The molecular weight excluding hydrogens is 224 g/mol. The zero-order chi connectivity index (χ0) is 11.4. The molecule has 0 fully saturated rings. The summed E-state index contributed by atoms with van der Waals surface area (Å²) in [6, 6.07) is 7.92. The number of halogens is 1. The van der Waals surface area contributed by atoms with Gasteiger partial charge in [0.1, 0.15) is 5.75 Å². The maximum Gasteiger partial charge on any atom is 0.123 e. The van der Waals surface area contributed by atoms with Crippen molar-refractivity contribution in [3.05, 3.63) is 47.8 Å². The van der Waals surface area contributed by atoms with Gasteiger partial charge in [0.05, 0.1) is 25.7 Å². The normalized spacial score (nSPS) is 10.4. The first-order valence-electron chi connectivity index (χ1n) is 5.02. The van der Waals surface area contributed by atoms with Gasteiger partial charge in [0, 0.05) is 17.3 Å². The number of para-hydroxylation sites is 1. The number of ether oxygens (including phenoxy) is 1. The van der Waals surface area contributed by atoms with Crippen LogP contribution in [0.4, 0.5) is 0 Å². The topological polar surface area (TPSA) is 27.1 Å². The second-order valence-corrected chi connectivity index (χ2v) is 3.76. The molecule has 3 nitrogen and oxygen atoms in total. The first-order chi connectivity index (χ1) is 7.83. The third kappa shape index (κ3) is 2.36. The molecule has 84 valence electrons. The van der Waals surface area contributed by atoms with Gasteiger partial charge in [0.15, 0.2) is 0 Å². The summed E-state index contributed by atoms with van der Waals surface area (Å²) in [5.41, 5.74) is 2.13. The van der Waals surface area contributed by atoms with Crippen LogP contribution in [0.15, 0.2) is 36.7 Å². The number of rotatable bonds is 4. The highest BCUT2D eigenvalue weighted by molar-refractivity contribution is 6.17. The Labute approximate surface area is 99.6 Å². The number of hydrogen-bond acceptors (Lipinski definition) is 2. The first-order valence-corrected chi connectivity index (χ1v) is 5.56. The Morgan fingerprint density at radius 2 is 2.19 bits per heavy atom. The summed E-state index contributed by atoms with van der Waals surface area (Å²) in [6.07, 6.45) is 3.72. The van der Waals surface area contributed by atoms with Gasteiger partial charge in [0.2, 0.25) is 0 Å². The maximum atomic E-state index is 5.72. The van der Waals surface area contributed by atoms with Crippen LogP contribution in [0.1, 0.15) is 11.1 Å². The SMILES string of the molecule is COc1ccccc1Cn1cc(CCl)cn1. The number of hydrogen-bond donors (Lipinski definition) is 0. The third-order valence-corrected chi connectivity index (χ3v) is 2.67. The van der Waals surface area contributed by atoms with Gasteiger partial charge in [-0.3, -0.25) is 4.68 Å². The summed E-state index contributed by atoms with van der Waals surface area (Å²) < 4.78 is 7.14. The van der Waals surface area contributed by atoms with Crippen molar-refractivity contribution in [1.82, 2.24) is 9.78 Å². The van der Waals surface area contributed by atoms with Crippen LogP contribution in [-0.4, -0.2) is 16.9 Å². The van der Waals surface area contributed by atoms with Crippen molar-refractivity contribution >= 4 is 11.6 Å². The van der Waals surface area contributed by atoms with Crippen molar-refractivity contribution in [2.24, 2.45) is 0 Å². The predicted molar refractivity (Wildman–Crippen MR) is 63.9 cm³/mol. The lowest BCUT2D eigenvalue weighted by Crippen LogP contribution is -2.01. The van der Waals surface area contributed by atoms with E-state index in [4.69, 9.17) is 16.3 Å². The molecule has 0 aliphatic carbocycles. The minimum absolute atomic E-state index is 0.492. The van der Waals surface area contributed by atoms with Gasteiger partial charge >= 0.3 is 0 Å². The summed E-state index contributed by atoms with van der Waals surface area (Å²) in [5, 5.41) is 4.23. The molecule has 0 saturated carbocycles. The van der Waals surface area contributed by atoms with Gasteiger partial charge in [-0.25, -0.2) is 0 Å². The molecule has 4 heteroatoms. The van der Waals surface area contributed by atoms with Gasteiger partial charge in [0.25, 0.3) is 0 Å². The van der Waals surface area contributed by atoms with Gasteiger partial charge in [-0.15, -0.1) is 11.6 Å². The molecular formula is C12H13ClN2O. The monoisotopic (exact) mass is 236 g/mol. The van der Waals surface area contributed by atoms with E-state index in [1.54, 1.807) is 13.3 Å². The minimum Gasteiger partial charge on any atom is -0.496 e. The van der Waals surface area contributed by atoms with Gasteiger partial charge in [-0.05, 0) is 6.07 Å². The summed E-state index contributed by atoms with van der Waals surface area (Å²) >= 11 is 5.72. The van der Waals surface area contributed by atoms with Crippen LogP contribution in [0, 0.1) is 0 Å². The fourth-order valence-electron chi connectivity index (χ4n) is 1.57. The summed E-state index contributed by atoms with van der Waals surface area (Å²) in [4.78, 5) is 0. The molecule has 0 aliphatic heterocycles. The lowest BCUT2D eigenvalue weighted by Gasteiger charge is -2.07. The number of aromatic nitrogens is 2. The minimum atomic E-state index is 0.492. The molecule has 0 bridgehead atoms. The van der Waals surface area contributed by atoms with Crippen molar-refractivity contribution in [2.45, 2.75) is 12.4 Å². The molecule has 0 spiro atoms. The Hall–Kier alpha value is -1.48. The fourth-order valence-corrected chi connectivity index (χ4v) is 1.71. The van der Waals surface area contributed by atoms with Crippen LogP contribution in [0.2, 0.25) is 0 Å². The molecule has 0 atom stereocenters. The summed E-state index contributed by atoms with van der Waals surface area (Å²) in [5.74, 6) is 1.37. The van der Waals surface area contributed by atoms with E-state index in [2.05, 4.69) is 5.10 Å². The zero-order valence-electron chi connectivity index (χ0n) is 9.06. The van der Waals surface area contributed by atoms with Crippen LogP contribution < -0.4 is 4.74 Å². The molecule has 0 N–H and O–H groups in total. The molecule has 2 aromatic rings. The van der Waals surface area contributed by atoms with E-state index in [9.17, 15) is 0 Å². The molecule has 0 amide bonds. The molecule has 0 aliphatic rings. The summed E-state index contributed by atoms with van der Waals surface area (Å²) in [6.45, 7) is 0.695. The Kier molecular flexibility index (Phi) is 3.47. The number of methoxy groups -OCH3 is 1. The number of alkyl halides is 1. The van der Waals surface area contributed by atoms with Crippen LogP contribution in [0.5, 0.6) is 5.75 Å². The van der Waals surface area contributed by atoms with Crippen LogP contribution in [-0.2, 0) is 12.4 Å². The molecule has 0 radical (unpaired) electrons. The van der Waals surface area contributed by atoms with Crippen molar-refractivity contribution < 1.29 is 4.74 Å². The van der Waals surface area contributed by atoms with Gasteiger partial charge in [-0.1, -0.05) is 18.2 Å². The molecule has 2 rings (SSSR count). The third-order valence-electron chi connectivity index (χ3n) is 2.37. The lowest BCUT2D eigenvalue weighted by molar-refractivity contribution is 0.407.